The highest BCUT2D eigenvalue weighted by atomic mass is 16.5. The van der Waals surface area contributed by atoms with Crippen LogP contribution in [0.2, 0.25) is 0 Å². The molecule has 3 aliphatic rings. The number of carbonyl (C=O) groups is 3. The van der Waals surface area contributed by atoms with Gasteiger partial charge in [0.1, 0.15) is 11.6 Å². The number of fused-ring (bicyclic) bond motifs is 1. The van der Waals surface area contributed by atoms with E-state index in [1.165, 1.54) is 4.90 Å². The number of rotatable bonds is 12. The summed E-state index contributed by atoms with van der Waals surface area (Å²) < 4.78 is 6.92. The molecule has 218 valence electrons. The molecule has 0 aromatic heterocycles. The Morgan fingerprint density at radius 1 is 1.18 bits per heavy atom. The molecule has 3 aliphatic heterocycles. The van der Waals surface area contributed by atoms with E-state index in [-0.39, 0.29) is 30.9 Å². The number of amides is 3. The number of aryl methyl sites for hydroxylation is 2. The van der Waals surface area contributed by atoms with Gasteiger partial charge in [-0.3, -0.25) is 14.4 Å². The first kappa shape index (κ1) is 30.0. The Morgan fingerprint density at radius 3 is 2.48 bits per heavy atom. The third-order valence-electron chi connectivity index (χ3n) is 9.25. The first-order chi connectivity index (χ1) is 19.1. The van der Waals surface area contributed by atoms with Gasteiger partial charge in [0.2, 0.25) is 11.8 Å². The van der Waals surface area contributed by atoms with Gasteiger partial charge in [0.05, 0.1) is 30.1 Å². The predicted molar refractivity (Wildman–Crippen MR) is 156 cm³/mol. The Bertz CT molecular complexity index is 1180. The largest absolute Gasteiger partial charge is 0.394 e. The first-order valence-corrected chi connectivity index (χ1v) is 14.6. The van der Waals surface area contributed by atoms with Crippen LogP contribution in [0.15, 0.2) is 43.5 Å². The predicted octanol–water partition coefficient (Wildman–Crippen LogP) is 3.78. The lowest BCUT2D eigenvalue weighted by Crippen LogP contribution is -2.58. The minimum atomic E-state index is -1.16. The summed E-state index contributed by atoms with van der Waals surface area (Å²) in [6.45, 7) is 18.3. The van der Waals surface area contributed by atoms with Crippen LogP contribution in [0.25, 0.3) is 0 Å². The van der Waals surface area contributed by atoms with E-state index in [1.807, 2.05) is 45.9 Å². The molecular formula is C32H45N3O5. The van der Waals surface area contributed by atoms with Gasteiger partial charge < -0.3 is 24.5 Å². The third kappa shape index (κ3) is 4.49. The SMILES string of the molecule is C=CCN(CCC)C(=O)[C@@H]1[C@H]2C(=O)N([C@H](C)CO)C(C(=O)N(CC=C)c3cc(C)ccc3C)C23CC[C@@]1(CC)O3. The maximum Gasteiger partial charge on any atom is 0.253 e. The fourth-order valence-electron chi connectivity index (χ4n) is 7.38. The van der Waals surface area contributed by atoms with Crippen LogP contribution in [-0.2, 0) is 19.1 Å². The summed E-state index contributed by atoms with van der Waals surface area (Å²) in [5.41, 5.74) is 0.708. The van der Waals surface area contributed by atoms with Gasteiger partial charge in [0.15, 0.2) is 0 Å². The van der Waals surface area contributed by atoms with Crippen LogP contribution < -0.4 is 4.90 Å². The third-order valence-corrected chi connectivity index (χ3v) is 9.25. The van der Waals surface area contributed by atoms with Gasteiger partial charge >= 0.3 is 0 Å². The van der Waals surface area contributed by atoms with E-state index >= 15 is 0 Å². The number of aliphatic hydroxyl groups excluding tert-OH is 1. The van der Waals surface area contributed by atoms with Crippen molar-refractivity contribution in [1.29, 1.82) is 0 Å². The average Bonchev–Trinajstić information content (AvgIpc) is 3.55. The van der Waals surface area contributed by atoms with E-state index in [2.05, 4.69) is 13.2 Å². The number of anilines is 1. The zero-order valence-corrected chi connectivity index (χ0v) is 24.7. The van der Waals surface area contributed by atoms with Crippen LogP contribution in [0.4, 0.5) is 5.69 Å². The number of carbonyl (C=O) groups excluding carboxylic acids is 3. The zero-order valence-electron chi connectivity index (χ0n) is 24.7. The second kappa shape index (κ2) is 11.5. The maximum atomic E-state index is 14.7. The molecule has 1 spiro atoms. The van der Waals surface area contributed by atoms with Gasteiger partial charge in [-0.05, 0) is 63.6 Å². The molecule has 0 radical (unpaired) electrons. The number of hydrogen-bond donors (Lipinski definition) is 1. The van der Waals surface area contributed by atoms with Crippen molar-refractivity contribution >= 4 is 23.4 Å². The lowest BCUT2D eigenvalue weighted by Gasteiger charge is -2.39. The van der Waals surface area contributed by atoms with Crippen molar-refractivity contribution < 1.29 is 24.2 Å². The first-order valence-electron chi connectivity index (χ1n) is 14.6. The number of aliphatic hydroxyl groups is 1. The van der Waals surface area contributed by atoms with Crippen LogP contribution in [0, 0.1) is 25.7 Å². The summed E-state index contributed by atoms with van der Waals surface area (Å²) in [7, 11) is 0. The second-order valence-corrected chi connectivity index (χ2v) is 11.7. The summed E-state index contributed by atoms with van der Waals surface area (Å²) in [6, 6.07) is 4.34. The standard InChI is InChI=1S/C32H45N3O5/c1-8-16-33(17-9-2)28(37)25-26-29(38)35(23(7)20-36)27(32(26)15-14-31(25,11-4)40-32)30(39)34(18-10-3)24-19-21(5)12-13-22(24)6/h8,10,12-13,19,23,25-27,36H,1,3,9,11,14-18,20H2,2,4-7H3/t23-,25+,26+,27?,31-,32?/m1/s1. The summed E-state index contributed by atoms with van der Waals surface area (Å²) >= 11 is 0. The molecule has 2 unspecified atom stereocenters. The van der Waals surface area contributed by atoms with E-state index in [4.69, 9.17) is 4.74 Å². The molecule has 1 aromatic rings. The summed E-state index contributed by atoms with van der Waals surface area (Å²) in [5, 5.41) is 10.2. The van der Waals surface area contributed by atoms with E-state index in [0.29, 0.717) is 32.4 Å². The molecule has 1 aromatic carbocycles. The Morgan fingerprint density at radius 2 is 1.88 bits per heavy atom. The molecule has 8 heteroatoms. The molecule has 4 rings (SSSR count). The molecule has 0 saturated carbocycles. The fourth-order valence-corrected chi connectivity index (χ4v) is 7.38. The van der Waals surface area contributed by atoms with Gasteiger partial charge in [0, 0.05) is 25.3 Å². The molecule has 1 N–H and O–H groups in total. The van der Waals surface area contributed by atoms with Gasteiger partial charge in [-0.1, -0.05) is 38.1 Å². The number of benzene rings is 1. The quantitative estimate of drug-likeness (QED) is 0.400. The number of hydrogen-bond acceptors (Lipinski definition) is 5. The molecular weight excluding hydrogens is 506 g/mol. The van der Waals surface area contributed by atoms with Gasteiger partial charge in [-0.25, -0.2) is 0 Å². The van der Waals surface area contributed by atoms with Crippen molar-refractivity contribution in [2.24, 2.45) is 11.8 Å². The summed E-state index contributed by atoms with van der Waals surface area (Å²) in [5.74, 6) is -2.19. The molecule has 40 heavy (non-hydrogen) atoms. The Kier molecular flexibility index (Phi) is 8.62. The molecule has 3 fully saturated rings. The van der Waals surface area contributed by atoms with Crippen LogP contribution in [0.5, 0.6) is 0 Å². The van der Waals surface area contributed by atoms with Crippen molar-refractivity contribution in [3.05, 3.63) is 54.6 Å². The number of nitrogens with zero attached hydrogens (tertiary/aromatic N) is 3. The van der Waals surface area contributed by atoms with Crippen LogP contribution in [-0.4, -0.2) is 82.2 Å². The molecule has 8 nitrogen and oxygen atoms in total. The van der Waals surface area contributed by atoms with Crippen molar-refractivity contribution in [3.8, 4) is 0 Å². The van der Waals surface area contributed by atoms with Crippen molar-refractivity contribution in [1.82, 2.24) is 9.80 Å². The highest BCUT2D eigenvalue weighted by molar-refractivity contribution is 6.05. The fraction of sp³-hybridized carbons (Fsp3) is 0.594. The molecule has 3 saturated heterocycles. The average molecular weight is 552 g/mol. The topological polar surface area (TPSA) is 90.4 Å². The Balaban J connectivity index is 1.87. The Labute approximate surface area is 238 Å². The molecule has 3 heterocycles. The monoisotopic (exact) mass is 551 g/mol. The van der Waals surface area contributed by atoms with E-state index in [0.717, 1.165) is 23.2 Å². The van der Waals surface area contributed by atoms with E-state index in [1.54, 1.807) is 28.9 Å². The van der Waals surface area contributed by atoms with Crippen LogP contribution in [0.1, 0.15) is 57.6 Å². The minimum absolute atomic E-state index is 0.120. The second-order valence-electron chi connectivity index (χ2n) is 11.7. The van der Waals surface area contributed by atoms with Gasteiger partial charge in [0.25, 0.3) is 5.91 Å². The normalized spacial score (nSPS) is 29.3. The number of ether oxygens (including phenoxy) is 1. The van der Waals surface area contributed by atoms with Crippen molar-refractivity contribution in [2.75, 3.05) is 31.1 Å². The Hall–Kier alpha value is -2.97. The van der Waals surface area contributed by atoms with E-state index in [9.17, 15) is 19.5 Å². The molecule has 0 aliphatic carbocycles. The highest BCUT2D eigenvalue weighted by Gasteiger charge is 2.79. The van der Waals surface area contributed by atoms with Gasteiger partial charge in [-0.15, -0.1) is 13.2 Å². The summed E-state index contributed by atoms with van der Waals surface area (Å²) in [4.78, 5) is 48.3. The summed E-state index contributed by atoms with van der Waals surface area (Å²) in [6.07, 6.45) is 5.81. The lowest BCUT2D eigenvalue weighted by atomic mass is 9.64. The van der Waals surface area contributed by atoms with Crippen LogP contribution >= 0.6 is 0 Å². The minimum Gasteiger partial charge on any atom is -0.394 e. The maximum absolute atomic E-state index is 14.7. The van der Waals surface area contributed by atoms with Crippen molar-refractivity contribution in [2.45, 2.75) is 83.6 Å². The number of likely N-dealkylation sites (tertiary alicyclic amines) is 1. The molecule has 2 bridgehead atoms. The van der Waals surface area contributed by atoms with Gasteiger partial charge in [-0.2, -0.15) is 0 Å². The van der Waals surface area contributed by atoms with E-state index < -0.39 is 35.1 Å². The molecule has 3 amide bonds. The zero-order chi connectivity index (χ0) is 29.4. The smallest absolute Gasteiger partial charge is 0.253 e. The highest BCUT2D eigenvalue weighted by Crippen LogP contribution is 2.65. The van der Waals surface area contributed by atoms with Crippen molar-refractivity contribution in [3.63, 3.8) is 0 Å². The lowest BCUT2D eigenvalue weighted by molar-refractivity contribution is -0.153. The van der Waals surface area contributed by atoms with Crippen LogP contribution in [0.3, 0.4) is 0 Å². The molecule has 6 atom stereocenters.